The van der Waals surface area contributed by atoms with Gasteiger partial charge in [-0.1, -0.05) is 11.6 Å². The number of β-amino-alcohol motifs (C(OH)–C–C–N with tert-alkyl or cyclic N) is 1. The Hall–Kier alpha value is -2.92. The van der Waals surface area contributed by atoms with Crippen LogP contribution in [-0.2, 0) is 14.3 Å². The molecule has 2 aromatic carbocycles. The SMILES string of the molecule is O=C(Nc1ccc(N2CCOCC2=O)cc1)O[C@@H]1C[C@@H](O)CN1C(=S)Nc1ccc(Cl)cc1. The molecule has 0 saturated carbocycles. The largest absolute Gasteiger partial charge is 0.425 e. The second-order valence-electron chi connectivity index (χ2n) is 7.61. The summed E-state index contributed by atoms with van der Waals surface area (Å²) in [6.45, 7) is 1.26. The highest BCUT2D eigenvalue weighted by atomic mass is 35.5. The molecule has 2 aromatic rings. The van der Waals surface area contributed by atoms with Crippen LogP contribution in [0.1, 0.15) is 6.42 Å². The van der Waals surface area contributed by atoms with Crippen molar-refractivity contribution in [2.75, 3.05) is 41.8 Å². The molecule has 2 heterocycles. The Labute approximate surface area is 201 Å². The summed E-state index contributed by atoms with van der Waals surface area (Å²) in [5, 5.41) is 16.8. The molecule has 0 unspecified atom stereocenters. The summed E-state index contributed by atoms with van der Waals surface area (Å²) in [5.41, 5.74) is 1.97. The second-order valence-corrected chi connectivity index (χ2v) is 8.43. The van der Waals surface area contributed by atoms with Gasteiger partial charge < -0.3 is 29.7 Å². The Kier molecular flexibility index (Phi) is 7.29. The number of aliphatic hydroxyl groups is 1. The Bertz CT molecular complexity index is 1020. The third-order valence-electron chi connectivity index (χ3n) is 5.24. The zero-order valence-corrected chi connectivity index (χ0v) is 19.1. The van der Waals surface area contributed by atoms with Gasteiger partial charge in [0, 0.05) is 41.6 Å². The highest BCUT2D eigenvalue weighted by Gasteiger charge is 2.35. The predicted molar refractivity (Wildman–Crippen MR) is 129 cm³/mol. The number of amides is 2. The summed E-state index contributed by atoms with van der Waals surface area (Å²) in [4.78, 5) is 27.7. The molecular formula is C22H23ClN4O5S. The number of ether oxygens (including phenoxy) is 2. The van der Waals surface area contributed by atoms with E-state index in [4.69, 9.17) is 33.3 Å². The average Bonchev–Trinajstić information content (AvgIpc) is 3.16. The molecule has 2 saturated heterocycles. The monoisotopic (exact) mass is 490 g/mol. The number of morpholine rings is 1. The number of benzene rings is 2. The summed E-state index contributed by atoms with van der Waals surface area (Å²) in [6.07, 6.45) is -1.85. The van der Waals surface area contributed by atoms with Crippen molar-refractivity contribution in [1.82, 2.24) is 4.90 Å². The van der Waals surface area contributed by atoms with E-state index in [1.807, 2.05) is 0 Å². The lowest BCUT2D eigenvalue weighted by Gasteiger charge is -2.27. The number of likely N-dealkylation sites (tertiary alicyclic amines) is 1. The van der Waals surface area contributed by atoms with Crippen LogP contribution in [0.2, 0.25) is 5.02 Å². The van der Waals surface area contributed by atoms with E-state index in [0.29, 0.717) is 29.0 Å². The summed E-state index contributed by atoms with van der Waals surface area (Å²) in [6, 6.07) is 13.9. The fourth-order valence-corrected chi connectivity index (χ4v) is 4.06. The number of hydrogen-bond acceptors (Lipinski definition) is 6. The Morgan fingerprint density at radius 3 is 2.48 bits per heavy atom. The van der Waals surface area contributed by atoms with Crippen molar-refractivity contribution in [3.63, 3.8) is 0 Å². The predicted octanol–water partition coefficient (Wildman–Crippen LogP) is 3.04. The molecule has 33 heavy (non-hydrogen) atoms. The quantitative estimate of drug-likeness (QED) is 0.562. The molecule has 9 nitrogen and oxygen atoms in total. The van der Waals surface area contributed by atoms with Gasteiger partial charge in [-0.15, -0.1) is 0 Å². The summed E-state index contributed by atoms with van der Waals surface area (Å²) in [7, 11) is 0. The molecule has 2 aliphatic heterocycles. The van der Waals surface area contributed by atoms with Gasteiger partial charge in [0.25, 0.3) is 5.91 Å². The fraction of sp³-hybridized carbons (Fsp3) is 0.318. The maximum Gasteiger partial charge on any atom is 0.413 e. The number of carbonyl (C=O) groups is 2. The molecule has 0 aliphatic carbocycles. The molecule has 0 radical (unpaired) electrons. The van der Waals surface area contributed by atoms with Crippen molar-refractivity contribution in [2.45, 2.75) is 18.8 Å². The summed E-state index contributed by atoms with van der Waals surface area (Å²) < 4.78 is 10.7. The maximum absolute atomic E-state index is 12.5. The van der Waals surface area contributed by atoms with Gasteiger partial charge in [0.1, 0.15) is 6.61 Å². The molecule has 2 atom stereocenters. The smallest absolute Gasteiger partial charge is 0.413 e. The van der Waals surface area contributed by atoms with E-state index < -0.39 is 18.4 Å². The normalized spacial score (nSPS) is 20.5. The minimum atomic E-state index is -0.724. The van der Waals surface area contributed by atoms with Crippen LogP contribution < -0.4 is 15.5 Å². The molecule has 4 rings (SSSR count). The van der Waals surface area contributed by atoms with Crippen LogP contribution in [0, 0.1) is 0 Å². The molecule has 0 aromatic heterocycles. The van der Waals surface area contributed by atoms with Crippen LogP contribution >= 0.6 is 23.8 Å². The topological polar surface area (TPSA) is 103 Å². The average molecular weight is 491 g/mol. The zero-order valence-electron chi connectivity index (χ0n) is 17.6. The number of nitrogens with one attached hydrogen (secondary N) is 2. The number of halogens is 1. The molecule has 3 N–H and O–H groups in total. The Morgan fingerprint density at radius 1 is 1.12 bits per heavy atom. The van der Waals surface area contributed by atoms with Crippen LogP contribution in [0.15, 0.2) is 48.5 Å². The van der Waals surface area contributed by atoms with Gasteiger partial charge in [-0.25, -0.2) is 4.79 Å². The van der Waals surface area contributed by atoms with Crippen LogP contribution in [-0.4, -0.2) is 65.8 Å². The molecule has 2 aliphatic rings. The van der Waals surface area contributed by atoms with Crippen molar-refractivity contribution in [1.29, 1.82) is 0 Å². The van der Waals surface area contributed by atoms with Gasteiger partial charge in [-0.2, -0.15) is 0 Å². The van der Waals surface area contributed by atoms with Crippen molar-refractivity contribution < 1.29 is 24.2 Å². The lowest BCUT2D eigenvalue weighted by Crippen LogP contribution is -2.42. The number of thiocarbonyl (C=S) groups is 1. The van der Waals surface area contributed by atoms with E-state index in [9.17, 15) is 14.7 Å². The molecule has 0 spiro atoms. The van der Waals surface area contributed by atoms with Gasteiger partial charge in [0.2, 0.25) is 0 Å². The van der Waals surface area contributed by atoms with Gasteiger partial charge in [0.05, 0.1) is 12.7 Å². The van der Waals surface area contributed by atoms with Gasteiger partial charge in [0.15, 0.2) is 11.3 Å². The van der Waals surface area contributed by atoms with Gasteiger partial charge in [-0.05, 0) is 60.7 Å². The highest BCUT2D eigenvalue weighted by molar-refractivity contribution is 7.80. The molecule has 0 bridgehead atoms. The van der Waals surface area contributed by atoms with E-state index in [1.54, 1.807) is 58.3 Å². The van der Waals surface area contributed by atoms with Gasteiger partial charge in [-0.3, -0.25) is 10.1 Å². The molecule has 2 fully saturated rings. The number of aliphatic hydroxyl groups excluding tert-OH is 1. The van der Waals surface area contributed by atoms with Crippen LogP contribution in [0.5, 0.6) is 0 Å². The Balaban J connectivity index is 1.34. The van der Waals surface area contributed by atoms with E-state index in [1.165, 1.54) is 0 Å². The zero-order chi connectivity index (χ0) is 23.4. The molecule has 2 amide bonds. The number of rotatable bonds is 4. The van der Waals surface area contributed by atoms with E-state index >= 15 is 0 Å². The van der Waals surface area contributed by atoms with Gasteiger partial charge >= 0.3 is 6.09 Å². The van der Waals surface area contributed by atoms with Crippen molar-refractivity contribution in [3.05, 3.63) is 53.6 Å². The van der Waals surface area contributed by atoms with Crippen molar-refractivity contribution >= 4 is 58.0 Å². The van der Waals surface area contributed by atoms with Crippen molar-refractivity contribution in [2.24, 2.45) is 0 Å². The van der Waals surface area contributed by atoms with E-state index in [0.717, 1.165) is 11.4 Å². The minimum absolute atomic E-state index is 0.0603. The number of carbonyl (C=O) groups excluding carboxylic acids is 2. The third kappa shape index (κ3) is 5.91. The second kappa shape index (κ2) is 10.3. The molecule has 174 valence electrons. The minimum Gasteiger partial charge on any atom is -0.425 e. The first-order chi connectivity index (χ1) is 15.9. The Morgan fingerprint density at radius 2 is 1.79 bits per heavy atom. The molecule has 11 heteroatoms. The van der Waals surface area contributed by atoms with E-state index in [2.05, 4.69) is 10.6 Å². The summed E-state index contributed by atoms with van der Waals surface area (Å²) in [5.74, 6) is -0.107. The van der Waals surface area contributed by atoms with Crippen LogP contribution in [0.25, 0.3) is 0 Å². The van der Waals surface area contributed by atoms with E-state index in [-0.39, 0.29) is 25.5 Å². The highest BCUT2D eigenvalue weighted by Crippen LogP contribution is 2.23. The lowest BCUT2D eigenvalue weighted by molar-refractivity contribution is -0.125. The van der Waals surface area contributed by atoms with Crippen molar-refractivity contribution in [3.8, 4) is 0 Å². The standard InChI is InChI=1S/C22H23ClN4O5S/c23-14-1-3-15(4-2-14)24-21(33)27-12-18(28)11-20(27)32-22(30)25-16-5-7-17(8-6-16)26-9-10-31-13-19(26)29/h1-8,18,20,28H,9-13H2,(H,24,33)(H,25,30)/t18-,20-/m1/s1. The first-order valence-electron chi connectivity index (χ1n) is 10.4. The van der Waals surface area contributed by atoms with Crippen LogP contribution in [0.3, 0.4) is 0 Å². The number of nitrogens with zero attached hydrogens (tertiary/aromatic N) is 2. The summed E-state index contributed by atoms with van der Waals surface area (Å²) >= 11 is 11.4. The molecular weight excluding hydrogens is 468 g/mol. The maximum atomic E-state index is 12.5. The number of hydrogen-bond donors (Lipinski definition) is 3. The number of anilines is 3. The van der Waals surface area contributed by atoms with Crippen LogP contribution in [0.4, 0.5) is 21.9 Å². The fourth-order valence-electron chi connectivity index (χ4n) is 3.62. The lowest BCUT2D eigenvalue weighted by atomic mass is 10.2. The first kappa shape index (κ1) is 23.2. The first-order valence-corrected chi connectivity index (χ1v) is 11.1. The third-order valence-corrected chi connectivity index (χ3v) is 5.83.